The lowest BCUT2D eigenvalue weighted by Gasteiger charge is -2.28. The Balaban J connectivity index is 0.000000370. The summed E-state index contributed by atoms with van der Waals surface area (Å²) in [4.78, 5) is 32.4. The quantitative estimate of drug-likeness (QED) is 0.574. The van der Waals surface area contributed by atoms with Crippen LogP contribution in [-0.4, -0.2) is 62.5 Å². The van der Waals surface area contributed by atoms with Crippen LogP contribution in [0.5, 0.6) is 0 Å². The Morgan fingerprint density at radius 2 is 1.90 bits per heavy atom. The average molecular weight is 415 g/mol. The molecule has 4 N–H and O–H groups in total. The fraction of sp³-hybridized carbons (Fsp3) is 0.500. The van der Waals surface area contributed by atoms with Gasteiger partial charge in [0.2, 0.25) is 11.9 Å². The fourth-order valence-electron chi connectivity index (χ4n) is 2.58. The molecular formula is C16H20F3N7O3. The lowest BCUT2D eigenvalue weighted by molar-refractivity contribution is -0.192. The van der Waals surface area contributed by atoms with E-state index in [4.69, 9.17) is 15.6 Å². The molecule has 0 saturated carbocycles. The first-order valence-electron chi connectivity index (χ1n) is 8.46. The summed E-state index contributed by atoms with van der Waals surface area (Å²) in [7, 11) is 1.61. The second-order valence-electron chi connectivity index (χ2n) is 5.97. The van der Waals surface area contributed by atoms with Crippen molar-refractivity contribution in [1.29, 1.82) is 0 Å². The molecule has 0 amide bonds. The predicted molar refractivity (Wildman–Crippen MR) is 99.4 cm³/mol. The van der Waals surface area contributed by atoms with Crippen molar-refractivity contribution in [3.05, 3.63) is 10.4 Å². The summed E-state index contributed by atoms with van der Waals surface area (Å²) in [6.07, 6.45) is -5.08. The smallest absolute Gasteiger partial charge is 0.475 e. The lowest BCUT2D eigenvalue weighted by Crippen LogP contribution is -2.44. The largest absolute Gasteiger partial charge is 0.490 e. The van der Waals surface area contributed by atoms with E-state index in [0.29, 0.717) is 17.7 Å². The number of aromatic nitrogens is 4. The zero-order chi connectivity index (χ0) is 21.8. The Kier molecular flexibility index (Phi) is 6.70. The number of alkyl halides is 3. The minimum atomic E-state index is -5.08. The molecule has 2 aromatic heterocycles. The van der Waals surface area contributed by atoms with Gasteiger partial charge in [0.05, 0.1) is 6.54 Å². The van der Waals surface area contributed by atoms with Crippen LogP contribution in [0.15, 0.2) is 4.79 Å². The minimum absolute atomic E-state index is 0.163. The molecule has 0 bridgehead atoms. The van der Waals surface area contributed by atoms with Crippen molar-refractivity contribution >= 4 is 29.0 Å². The first-order valence-corrected chi connectivity index (χ1v) is 8.46. The molecule has 3 rings (SSSR count). The van der Waals surface area contributed by atoms with Crippen molar-refractivity contribution in [3.8, 4) is 11.8 Å². The van der Waals surface area contributed by atoms with Gasteiger partial charge in [0, 0.05) is 33.2 Å². The van der Waals surface area contributed by atoms with Gasteiger partial charge >= 0.3 is 12.1 Å². The number of anilines is 2. The summed E-state index contributed by atoms with van der Waals surface area (Å²) in [5.74, 6) is 4.01. The van der Waals surface area contributed by atoms with Crippen LogP contribution in [0.3, 0.4) is 0 Å². The first kappa shape index (κ1) is 22.0. The third-order valence-corrected chi connectivity index (χ3v) is 4.06. The van der Waals surface area contributed by atoms with Gasteiger partial charge in [-0.1, -0.05) is 5.92 Å². The molecule has 13 heteroatoms. The van der Waals surface area contributed by atoms with Gasteiger partial charge in [-0.25, -0.2) is 4.79 Å². The van der Waals surface area contributed by atoms with Crippen molar-refractivity contribution in [2.75, 3.05) is 36.8 Å². The number of fused-ring (bicyclic) bond motifs is 1. The Labute approximate surface area is 163 Å². The van der Waals surface area contributed by atoms with Gasteiger partial charge in [-0.15, -0.1) is 5.92 Å². The number of nitrogens with one attached hydrogen (secondary N) is 1. The average Bonchev–Trinajstić information content (AvgIpc) is 3.03. The van der Waals surface area contributed by atoms with E-state index in [2.05, 4.69) is 32.0 Å². The number of carboxylic acid groups (broad SMARTS) is 1. The van der Waals surface area contributed by atoms with Crippen LogP contribution in [0, 0.1) is 11.8 Å². The SMILES string of the molecule is CC#CCn1c(N2CCNCC2)nc2nc(N)n(C)c(=O)c21.O=C(O)C(F)(F)F. The number of nitrogens with zero attached hydrogens (tertiary/aromatic N) is 5. The van der Waals surface area contributed by atoms with Gasteiger partial charge in [-0.3, -0.25) is 13.9 Å². The van der Waals surface area contributed by atoms with Crippen molar-refractivity contribution in [2.45, 2.75) is 19.6 Å². The molecule has 2 aromatic rings. The molecule has 1 aliphatic rings. The van der Waals surface area contributed by atoms with Gasteiger partial charge in [0.15, 0.2) is 11.2 Å². The van der Waals surface area contributed by atoms with Crippen LogP contribution >= 0.6 is 0 Å². The normalized spacial score (nSPS) is 14.0. The van der Waals surface area contributed by atoms with E-state index in [1.807, 2.05) is 4.57 Å². The molecule has 1 saturated heterocycles. The number of imidazole rings is 1. The van der Waals surface area contributed by atoms with Gasteiger partial charge in [0.25, 0.3) is 5.56 Å². The van der Waals surface area contributed by atoms with Gasteiger partial charge in [-0.2, -0.15) is 23.1 Å². The van der Waals surface area contributed by atoms with E-state index in [1.165, 1.54) is 4.57 Å². The summed E-state index contributed by atoms with van der Waals surface area (Å²) in [5, 5.41) is 10.4. The Bertz CT molecular complexity index is 1010. The van der Waals surface area contributed by atoms with E-state index < -0.39 is 12.1 Å². The number of rotatable bonds is 2. The standard InChI is InChI=1S/C14H19N7O.C2HF3O2/c1-3-4-7-21-10-11(17-13(15)19(2)12(10)22)18-14(21)20-8-5-16-6-9-20;3-2(4,5)1(6)7/h16H,5-9H2,1-2H3,(H2,15,17);(H,6,7). The molecule has 0 radical (unpaired) electrons. The van der Waals surface area contributed by atoms with Crippen LogP contribution in [0.2, 0.25) is 0 Å². The Morgan fingerprint density at radius 3 is 2.41 bits per heavy atom. The number of carbonyl (C=O) groups is 1. The summed E-state index contributed by atoms with van der Waals surface area (Å²) in [6.45, 7) is 5.62. The number of hydrogen-bond acceptors (Lipinski definition) is 7. The molecule has 3 heterocycles. The second kappa shape index (κ2) is 8.82. The Morgan fingerprint density at radius 1 is 1.31 bits per heavy atom. The highest BCUT2D eigenvalue weighted by atomic mass is 19.4. The van der Waals surface area contributed by atoms with E-state index in [-0.39, 0.29) is 11.5 Å². The van der Waals surface area contributed by atoms with Crippen molar-refractivity contribution in [2.24, 2.45) is 7.05 Å². The molecule has 1 aliphatic heterocycles. The van der Waals surface area contributed by atoms with E-state index in [1.54, 1.807) is 14.0 Å². The Hall–Kier alpha value is -3.27. The molecule has 29 heavy (non-hydrogen) atoms. The fourth-order valence-corrected chi connectivity index (χ4v) is 2.58. The number of nitrogens with two attached hydrogens (primary N) is 1. The zero-order valence-electron chi connectivity index (χ0n) is 15.7. The molecular weight excluding hydrogens is 395 g/mol. The van der Waals surface area contributed by atoms with Gasteiger partial charge in [-0.05, 0) is 6.92 Å². The first-order chi connectivity index (χ1) is 13.6. The maximum atomic E-state index is 12.5. The molecule has 158 valence electrons. The maximum absolute atomic E-state index is 12.5. The van der Waals surface area contributed by atoms with Crippen LogP contribution in [0.25, 0.3) is 11.2 Å². The highest BCUT2D eigenvalue weighted by Crippen LogP contribution is 2.20. The number of carboxylic acids is 1. The number of aliphatic carboxylic acids is 1. The summed E-state index contributed by atoms with van der Waals surface area (Å²) in [6, 6.07) is 0. The van der Waals surface area contributed by atoms with E-state index >= 15 is 0 Å². The molecule has 0 spiro atoms. The number of piperazine rings is 1. The number of nitrogen functional groups attached to an aromatic ring is 1. The third-order valence-electron chi connectivity index (χ3n) is 4.06. The predicted octanol–water partition coefficient (Wildman–Crippen LogP) is -0.222. The van der Waals surface area contributed by atoms with Crippen LogP contribution in [0.4, 0.5) is 25.1 Å². The number of halogens is 3. The van der Waals surface area contributed by atoms with Crippen LogP contribution < -0.4 is 21.5 Å². The van der Waals surface area contributed by atoms with Crippen molar-refractivity contribution < 1.29 is 23.1 Å². The highest BCUT2D eigenvalue weighted by Gasteiger charge is 2.38. The van der Waals surface area contributed by atoms with Crippen molar-refractivity contribution in [3.63, 3.8) is 0 Å². The molecule has 0 unspecified atom stereocenters. The van der Waals surface area contributed by atoms with E-state index in [9.17, 15) is 18.0 Å². The summed E-state index contributed by atoms with van der Waals surface area (Å²) < 4.78 is 34.9. The summed E-state index contributed by atoms with van der Waals surface area (Å²) in [5.41, 5.74) is 6.41. The molecule has 1 fully saturated rings. The van der Waals surface area contributed by atoms with Gasteiger partial charge in [0.1, 0.15) is 0 Å². The maximum Gasteiger partial charge on any atom is 0.490 e. The third kappa shape index (κ3) is 4.96. The number of hydrogen-bond donors (Lipinski definition) is 3. The van der Waals surface area contributed by atoms with Gasteiger partial charge < -0.3 is 21.1 Å². The molecule has 0 aromatic carbocycles. The monoisotopic (exact) mass is 415 g/mol. The lowest BCUT2D eigenvalue weighted by atomic mass is 10.4. The van der Waals surface area contributed by atoms with Crippen LogP contribution in [0.1, 0.15) is 6.92 Å². The van der Waals surface area contributed by atoms with Crippen molar-refractivity contribution in [1.82, 2.24) is 24.4 Å². The second-order valence-corrected chi connectivity index (χ2v) is 5.97. The topological polar surface area (TPSA) is 131 Å². The minimum Gasteiger partial charge on any atom is -0.475 e. The zero-order valence-corrected chi connectivity index (χ0v) is 15.7. The molecule has 0 aliphatic carbocycles. The van der Waals surface area contributed by atoms with Crippen LogP contribution in [-0.2, 0) is 18.4 Å². The molecule has 0 atom stereocenters. The highest BCUT2D eigenvalue weighted by molar-refractivity contribution is 5.75. The summed E-state index contributed by atoms with van der Waals surface area (Å²) >= 11 is 0. The molecule has 10 nitrogen and oxygen atoms in total. The van der Waals surface area contributed by atoms with E-state index in [0.717, 1.165) is 32.1 Å².